The molecule has 0 N–H and O–H groups in total. The summed E-state index contributed by atoms with van der Waals surface area (Å²) in [6.07, 6.45) is 0. The predicted molar refractivity (Wildman–Crippen MR) is 16.4 cm³/mol. The highest BCUT2D eigenvalue weighted by molar-refractivity contribution is 5.72. The van der Waals surface area contributed by atoms with Crippen molar-refractivity contribution in [1.82, 2.24) is 0 Å². The first-order valence-electron chi connectivity index (χ1n) is 3.01. The summed E-state index contributed by atoms with van der Waals surface area (Å²) in [5.41, 5.74) is 0. The third-order valence-corrected chi connectivity index (χ3v) is 0. The molecule has 0 bridgehead atoms. The SMILES string of the molecule is [2H]CC(=O)C([2H])([2H])[2H]. The minimum Gasteiger partial charge on any atom is -0.300 e. The van der Waals surface area contributed by atoms with Crippen molar-refractivity contribution in [3.63, 3.8) is 0 Å². The lowest BCUT2D eigenvalue weighted by Crippen LogP contribution is -1.69. The average Bonchev–Trinajstić information content (AvgIpc) is 1.62. The van der Waals surface area contributed by atoms with Gasteiger partial charge < -0.3 is 4.79 Å². The summed E-state index contributed by atoms with van der Waals surface area (Å²) < 4.78 is 25.6. The second-order valence-corrected chi connectivity index (χ2v) is 0.423. The highest BCUT2D eigenvalue weighted by atomic mass is 16.1. The molecule has 0 unspecified atom stereocenters. The standard InChI is InChI=1S/C3H6O/c1-3(2)4/h1-2H3/i1D,2D3. The molecule has 1 nitrogen and oxygen atoms in total. The molecule has 0 amide bonds. The molecule has 0 saturated heterocycles. The lowest BCUT2D eigenvalue weighted by atomic mass is 10.6. The average molecular weight is 62.1 g/mol. The van der Waals surface area contributed by atoms with E-state index in [0.29, 0.717) is 0 Å². The smallest absolute Gasteiger partial charge is 0.126 e. The fraction of sp³-hybridized carbons (Fsp3) is 0.667. The van der Waals surface area contributed by atoms with Gasteiger partial charge in [-0.25, -0.2) is 0 Å². The van der Waals surface area contributed by atoms with E-state index < -0.39 is 19.5 Å². The first-order chi connectivity index (χ1) is 3.48. The van der Waals surface area contributed by atoms with Gasteiger partial charge in [0.2, 0.25) is 0 Å². The van der Waals surface area contributed by atoms with Gasteiger partial charge in [-0.1, -0.05) is 0 Å². The zero-order chi connectivity index (χ0) is 6.78. The van der Waals surface area contributed by atoms with Crippen LogP contribution in [-0.4, -0.2) is 5.78 Å². The van der Waals surface area contributed by atoms with Crippen LogP contribution in [0.25, 0.3) is 0 Å². The molecule has 0 spiro atoms. The Labute approximate surface area is 31.3 Å². The Bertz CT molecular complexity index is 93.9. The second kappa shape index (κ2) is 1.04. The lowest BCUT2D eigenvalue weighted by Gasteiger charge is -1.56. The monoisotopic (exact) mass is 62.1 g/mol. The summed E-state index contributed by atoms with van der Waals surface area (Å²) in [4.78, 5) is 10.1. The van der Waals surface area contributed by atoms with E-state index in [1.54, 1.807) is 0 Å². The Morgan fingerprint density at radius 3 is 3.00 bits per heavy atom. The van der Waals surface area contributed by atoms with Gasteiger partial charge in [0.15, 0.2) is 0 Å². The molecule has 0 aliphatic rings. The summed E-state index contributed by atoms with van der Waals surface area (Å²) in [7, 11) is 0. The lowest BCUT2D eigenvalue weighted by molar-refractivity contribution is -0.114. The van der Waals surface area contributed by atoms with Crippen LogP contribution in [0, 0.1) is 0 Å². The first-order valence-corrected chi connectivity index (χ1v) is 0.808. The van der Waals surface area contributed by atoms with Crippen LogP contribution in [0.4, 0.5) is 0 Å². The molecule has 24 valence electrons. The third-order valence-electron chi connectivity index (χ3n) is 0. The summed E-state index contributed by atoms with van der Waals surface area (Å²) in [5, 5.41) is 0. The Kier molecular flexibility index (Phi) is 0.154. The number of Topliss-reactive ketones (excluding diaryl/α,β-unsaturated/α-hetero) is 1. The fourth-order valence-electron chi connectivity index (χ4n) is 0. The maximum absolute atomic E-state index is 10.1. The van der Waals surface area contributed by atoms with Crippen molar-refractivity contribution in [1.29, 1.82) is 0 Å². The number of rotatable bonds is 0. The maximum atomic E-state index is 10.1. The molecule has 0 rings (SSSR count). The van der Waals surface area contributed by atoms with Crippen molar-refractivity contribution in [2.75, 3.05) is 0 Å². The molecule has 0 radical (unpaired) electrons. The number of hydrogen-bond acceptors (Lipinski definition) is 1. The van der Waals surface area contributed by atoms with Gasteiger partial charge in [0.25, 0.3) is 0 Å². The van der Waals surface area contributed by atoms with Crippen LogP contribution < -0.4 is 0 Å². The first kappa shape index (κ1) is 0.588. The van der Waals surface area contributed by atoms with E-state index in [4.69, 9.17) is 5.48 Å². The summed E-state index contributed by atoms with van der Waals surface area (Å²) >= 11 is 0. The van der Waals surface area contributed by atoms with E-state index in [2.05, 4.69) is 0 Å². The zero-order valence-electron chi connectivity index (χ0n) is 6.12. The third kappa shape index (κ3) is 6.88. The molecule has 0 aromatic carbocycles. The van der Waals surface area contributed by atoms with E-state index in [9.17, 15) is 4.79 Å². The second-order valence-electron chi connectivity index (χ2n) is 0.423. The quantitative estimate of drug-likeness (QED) is 0.401. The maximum Gasteiger partial charge on any atom is 0.126 e. The van der Waals surface area contributed by atoms with E-state index in [1.807, 2.05) is 0 Å². The van der Waals surface area contributed by atoms with Gasteiger partial charge in [0.1, 0.15) is 5.78 Å². The van der Waals surface area contributed by atoms with Crippen LogP contribution in [0.2, 0.25) is 0 Å². The Morgan fingerprint density at radius 1 is 2.25 bits per heavy atom. The molecule has 0 aromatic heterocycles. The predicted octanol–water partition coefficient (Wildman–Crippen LogP) is 0.595. The summed E-state index contributed by atoms with van der Waals surface area (Å²) in [6, 6.07) is 0. The number of carbonyl (C=O) groups is 1. The molecule has 0 atom stereocenters. The Morgan fingerprint density at radius 2 is 3.00 bits per heavy atom. The molecule has 4 heavy (non-hydrogen) atoms. The Hall–Kier alpha value is -0.330. The van der Waals surface area contributed by atoms with Crippen molar-refractivity contribution < 1.29 is 10.3 Å². The minimum atomic E-state index is -2.57. The fourth-order valence-corrected chi connectivity index (χ4v) is 0. The highest BCUT2D eigenvalue weighted by Crippen LogP contribution is 1.50. The van der Waals surface area contributed by atoms with Crippen LogP contribution >= 0.6 is 0 Å². The summed E-state index contributed by atoms with van der Waals surface area (Å²) in [6.45, 7) is -3.22. The van der Waals surface area contributed by atoms with Gasteiger partial charge >= 0.3 is 0 Å². The van der Waals surface area contributed by atoms with Crippen LogP contribution in [-0.2, 0) is 4.79 Å². The van der Waals surface area contributed by atoms with Gasteiger partial charge in [0.05, 0.1) is 0 Å². The van der Waals surface area contributed by atoms with Crippen LogP contribution in [0.1, 0.15) is 19.2 Å². The zero-order valence-corrected chi connectivity index (χ0v) is 2.12. The van der Waals surface area contributed by atoms with Crippen molar-refractivity contribution >= 4 is 5.78 Å². The molecule has 1 heteroatoms. The van der Waals surface area contributed by atoms with Crippen molar-refractivity contribution in [3.8, 4) is 0 Å². The van der Waals surface area contributed by atoms with E-state index in [1.165, 1.54) is 0 Å². The van der Waals surface area contributed by atoms with Gasteiger partial charge in [0, 0.05) is 5.48 Å². The van der Waals surface area contributed by atoms with Crippen molar-refractivity contribution in [2.24, 2.45) is 0 Å². The number of ketones is 1. The van der Waals surface area contributed by atoms with Crippen LogP contribution in [0.15, 0.2) is 0 Å². The molecular weight excluding hydrogens is 52.0 g/mol. The van der Waals surface area contributed by atoms with Gasteiger partial charge in [-0.15, -0.1) is 0 Å². The van der Waals surface area contributed by atoms with Crippen LogP contribution in [0.5, 0.6) is 0 Å². The van der Waals surface area contributed by atoms with Gasteiger partial charge in [-0.05, 0) is 13.8 Å². The van der Waals surface area contributed by atoms with E-state index in [-0.39, 0.29) is 0 Å². The molecule has 0 aromatic rings. The van der Waals surface area contributed by atoms with Gasteiger partial charge in [-0.3, -0.25) is 0 Å². The number of carbonyl (C=O) groups excluding carboxylic acids is 1. The molecular formula is C3H6O. The molecule has 0 aliphatic heterocycles. The minimum absolute atomic E-state index is 0.656. The van der Waals surface area contributed by atoms with E-state index in [0.717, 1.165) is 0 Å². The van der Waals surface area contributed by atoms with Crippen molar-refractivity contribution in [3.05, 3.63) is 0 Å². The normalized spacial score (nSPS) is 24.0. The number of hydrogen-bond donors (Lipinski definition) is 0. The largest absolute Gasteiger partial charge is 0.300 e. The van der Waals surface area contributed by atoms with Crippen molar-refractivity contribution in [2.45, 2.75) is 13.8 Å². The Balaban J connectivity index is 3.82. The van der Waals surface area contributed by atoms with E-state index >= 15 is 0 Å². The highest BCUT2D eigenvalue weighted by Gasteiger charge is 1.62. The van der Waals surface area contributed by atoms with Crippen LogP contribution in [0.3, 0.4) is 0 Å². The molecule has 0 saturated carbocycles. The van der Waals surface area contributed by atoms with Gasteiger partial charge in [-0.2, -0.15) is 0 Å². The molecule has 0 aliphatic carbocycles. The summed E-state index contributed by atoms with van der Waals surface area (Å²) in [5.74, 6) is -1.00. The molecule has 0 heterocycles. The molecule has 0 fully saturated rings. The topological polar surface area (TPSA) is 17.1 Å².